The van der Waals surface area contributed by atoms with Gasteiger partial charge >= 0.3 is 0 Å². The van der Waals surface area contributed by atoms with E-state index in [-0.39, 0.29) is 6.61 Å². The summed E-state index contributed by atoms with van der Waals surface area (Å²) in [6.07, 6.45) is 4.02. The number of benzene rings is 1. The Hall–Kier alpha value is -0.350. The lowest BCUT2D eigenvalue weighted by Gasteiger charge is -2.03. The zero-order chi connectivity index (χ0) is 11.3. The highest BCUT2D eigenvalue weighted by atomic mass is 127. The van der Waals surface area contributed by atoms with Crippen LogP contribution in [0.4, 0.5) is 0 Å². The van der Waals surface area contributed by atoms with Crippen molar-refractivity contribution in [2.45, 2.75) is 26.7 Å². The van der Waals surface area contributed by atoms with Gasteiger partial charge in [-0.25, -0.2) is 0 Å². The molecule has 0 amide bonds. The Morgan fingerprint density at radius 2 is 2.13 bits per heavy atom. The lowest BCUT2D eigenvalue weighted by molar-refractivity contribution is 0.289. The Kier molecular flexibility index (Phi) is 5.32. The number of hydrogen-bond acceptors (Lipinski definition) is 1. The van der Waals surface area contributed by atoms with Gasteiger partial charge in [0.2, 0.25) is 0 Å². The smallest absolute Gasteiger partial charge is 0.0434 e. The number of aryl methyl sites for hydroxylation is 2. The van der Waals surface area contributed by atoms with Crippen LogP contribution in [0.1, 0.15) is 29.5 Å². The largest absolute Gasteiger partial charge is 0.396 e. The second-order valence-corrected chi connectivity index (χ2v) is 5.16. The second-order valence-electron chi connectivity index (χ2n) is 3.78. The third-order valence-corrected chi connectivity index (χ3v) is 3.17. The molecule has 1 aromatic carbocycles. The maximum absolute atomic E-state index is 8.75. The molecule has 0 aliphatic rings. The van der Waals surface area contributed by atoms with Crippen molar-refractivity contribution in [3.05, 3.63) is 38.5 Å². The molecule has 0 spiro atoms. The molecule has 1 rings (SSSR count). The summed E-state index contributed by atoms with van der Waals surface area (Å²) in [5, 5.41) is 8.75. The van der Waals surface area contributed by atoms with Crippen molar-refractivity contribution in [2.24, 2.45) is 0 Å². The highest BCUT2D eigenvalue weighted by molar-refractivity contribution is 14.1. The van der Waals surface area contributed by atoms with Gasteiger partial charge in [0.05, 0.1) is 0 Å². The molecular formula is C13H17IO. The fraction of sp³-hybridized carbons (Fsp3) is 0.385. The molecule has 0 radical (unpaired) electrons. The van der Waals surface area contributed by atoms with Gasteiger partial charge in [-0.2, -0.15) is 0 Å². The number of hydrogen-bond donors (Lipinski definition) is 1. The molecule has 0 saturated carbocycles. The molecule has 15 heavy (non-hydrogen) atoms. The molecule has 1 nitrogen and oxygen atoms in total. The first-order valence-corrected chi connectivity index (χ1v) is 6.25. The summed E-state index contributed by atoms with van der Waals surface area (Å²) in [4.78, 5) is 0. The number of rotatable bonds is 4. The molecule has 0 unspecified atom stereocenters. The van der Waals surface area contributed by atoms with Crippen LogP contribution in [0.25, 0.3) is 6.08 Å². The molecule has 1 N–H and O–H groups in total. The van der Waals surface area contributed by atoms with Crippen molar-refractivity contribution in [1.82, 2.24) is 0 Å². The van der Waals surface area contributed by atoms with Crippen LogP contribution in [-0.2, 0) is 0 Å². The van der Waals surface area contributed by atoms with Crippen LogP contribution in [0.2, 0.25) is 0 Å². The Morgan fingerprint density at radius 3 is 2.80 bits per heavy atom. The van der Waals surface area contributed by atoms with E-state index in [1.807, 2.05) is 0 Å². The molecule has 0 aromatic heterocycles. The van der Waals surface area contributed by atoms with Gasteiger partial charge < -0.3 is 5.11 Å². The Morgan fingerprint density at radius 1 is 1.40 bits per heavy atom. The summed E-state index contributed by atoms with van der Waals surface area (Å²) in [5.74, 6) is 0. The normalized spacial score (nSPS) is 11.9. The van der Waals surface area contributed by atoms with Crippen molar-refractivity contribution >= 4 is 28.7 Å². The summed E-state index contributed by atoms with van der Waals surface area (Å²) < 4.78 is 1.30. The van der Waals surface area contributed by atoms with Gasteiger partial charge in [-0.15, -0.1) is 0 Å². The lowest BCUT2D eigenvalue weighted by Crippen LogP contribution is -1.85. The predicted molar refractivity (Wildman–Crippen MR) is 74.2 cm³/mol. The van der Waals surface area contributed by atoms with Gasteiger partial charge in [-0.1, -0.05) is 23.8 Å². The van der Waals surface area contributed by atoms with Gasteiger partial charge in [-0.3, -0.25) is 0 Å². The average Bonchev–Trinajstić information content (AvgIpc) is 2.20. The fourth-order valence-corrected chi connectivity index (χ4v) is 2.12. The first-order chi connectivity index (χ1) is 7.13. The van der Waals surface area contributed by atoms with Crippen molar-refractivity contribution in [2.75, 3.05) is 6.61 Å². The first-order valence-electron chi connectivity index (χ1n) is 5.17. The minimum absolute atomic E-state index is 0.271. The fourth-order valence-electron chi connectivity index (χ4n) is 1.40. The maximum Gasteiger partial charge on any atom is 0.0434 e. The van der Waals surface area contributed by atoms with Crippen LogP contribution < -0.4 is 0 Å². The Balaban J connectivity index is 2.82. The quantitative estimate of drug-likeness (QED) is 0.837. The molecular weight excluding hydrogens is 299 g/mol. The SMILES string of the molecule is Cc1ccc(C)c(/C=C(/I)CCCO)c1. The van der Waals surface area contributed by atoms with Crippen molar-refractivity contribution in [1.29, 1.82) is 0 Å². The minimum atomic E-state index is 0.271. The van der Waals surface area contributed by atoms with Crippen LogP contribution in [0.3, 0.4) is 0 Å². The molecule has 0 saturated heterocycles. The molecule has 0 fully saturated rings. The second kappa shape index (κ2) is 6.28. The van der Waals surface area contributed by atoms with Gasteiger partial charge in [-0.05, 0) is 70.1 Å². The Bertz CT molecular complexity index is 356. The summed E-state index contributed by atoms with van der Waals surface area (Å²) >= 11 is 2.35. The summed E-state index contributed by atoms with van der Waals surface area (Å²) in [6, 6.07) is 6.48. The van der Waals surface area contributed by atoms with E-state index < -0.39 is 0 Å². The number of halogens is 1. The van der Waals surface area contributed by atoms with E-state index in [0.717, 1.165) is 12.8 Å². The van der Waals surface area contributed by atoms with E-state index >= 15 is 0 Å². The van der Waals surface area contributed by atoms with Gasteiger partial charge in [0, 0.05) is 6.61 Å². The standard InChI is InChI=1S/C13H17IO/c1-10-5-6-11(2)12(8-10)9-13(14)4-3-7-15/h5-6,8-9,15H,3-4,7H2,1-2H3/b13-9+. The van der Waals surface area contributed by atoms with E-state index in [0.29, 0.717) is 0 Å². The zero-order valence-electron chi connectivity index (χ0n) is 9.26. The van der Waals surface area contributed by atoms with E-state index in [1.54, 1.807) is 0 Å². The lowest BCUT2D eigenvalue weighted by atomic mass is 10.0. The van der Waals surface area contributed by atoms with Crippen LogP contribution >= 0.6 is 22.6 Å². The average molecular weight is 316 g/mol. The van der Waals surface area contributed by atoms with Crippen molar-refractivity contribution in [3.63, 3.8) is 0 Å². The number of aliphatic hydroxyl groups excluding tert-OH is 1. The van der Waals surface area contributed by atoms with E-state index in [1.165, 1.54) is 20.3 Å². The Labute approximate surface area is 105 Å². The molecule has 0 aliphatic carbocycles. The van der Waals surface area contributed by atoms with Crippen LogP contribution in [0, 0.1) is 13.8 Å². The van der Waals surface area contributed by atoms with Crippen LogP contribution in [0.5, 0.6) is 0 Å². The van der Waals surface area contributed by atoms with Crippen LogP contribution in [0.15, 0.2) is 21.8 Å². The zero-order valence-corrected chi connectivity index (χ0v) is 11.4. The maximum atomic E-state index is 8.75. The molecule has 1 aromatic rings. The molecule has 0 atom stereocenters. The number of allylic oxidation sites excluding steroid dienone is 1. The van der Waals surface area contributed by atoms with Crippen molar-refractivity contribution < 1.29 is 5.11 Å². The molecule has 0 bridgehead atoms. The minimum Gasteiger partial charge on any atom is -0.396 e. The van der Waals surface area contributed by atoms with Crippen molar-refractivity contribution in [3.8, 4) is 0 Å². The predicted octanol–water partition coefficient (Wildman–Crippen LogP) is 3.85. The van der Waals surface area contributed by atoms with E-state index in [2.05, 4.69) is 60.7 Å². The summed E-state index contributed by atoms with van der Waals surface area (Å²) in [7, 11) is 0. The third kappa shape index (κ3) is 4.34. The topological polar surface area (TPSA) is 20.2 Å². The monoisotopic (exact) mass is 316 g/mol. The van der Waals surface area contributed by atoms with E-state index in [9.17, 15) is 0 Å². The van der Waals surface area contributed by atoms with Crippen LogP contribution in [-0.4, -0.2) is 11.7 Å². The summed E-state index contributed by atoms with van der Waals surface area (Å²) in [5.41, 5.74) is 3.88. The molecule has 0 heterocycles. The highest BCUT2D eigenvalue weighted by Gasteiger charge is 1.97. The molecule has 82 valence electrons. The van der Waals surface area contributed by atoms with Gasteiger partial charge in [0.15, 0.2) is 0 Å². The third-order valence-electron chi connectivity index (χ3n) is 2.32. The molecule has 2 heteroatoms. The number of aliphatic hydroxyl groups is 1. The first kappa shape index (κ1) is 12.7. The summed E-state index contributed by atoms with van der Waals surface area (Å²) in [6.45, 7) is 4.51. The van der Waals surface area contributed by atoms with Gasteiger partial charge in [0.25, 0.3) is 0 Å². The highest BCUT2D eigenvalue weighted by Crippen LogP contribution is 2.20. The molecule has 0 aliphatic heterocycles. The van der Waals surface area contributed by atoms with Gasteiger partial charge in [0.1, 0.15) is 0 Å². The van der Waals surface area contributed by atoms with E-state index in [4.69, 9.17) is 5.11 Å².